The van der Waals surface area contributed by atoms with E-state index in [0.717, 1.165) is 34.0 Å². The first-order valence-electron chi connectivity index (χ1n) is 11.6. The van der Waals surface area contributed by atoms with E-state index in [0.29, 0.717) is 31.6 Å². The first-order chi connectivity index (χ1) is 15.9. The molecule has 0 unspecified atom stereocenters. The molecular formula is C27H27BrFN3O. The van der Waals surface area contributed by atoms with Crippen molar-refractivity contribution in [3.8, 4) is 11.8 Å². The molecule has 1 heterocycles. The molecule has 2 saturated carbocycles. The number of para-hydroxylation sites is 1. The van der Waals surface area contributed by atoms with Crippen molar-refractivity contribution in [2.24, 2.45) is 5.92 Å². The monoisotopic (exact) mass is 507 g/mol. The summed E-state index contributed by atoms with van der Waals surface area (Å²) in [6, 6.07) is 18.8. The van der Waals surface area contributed by atoms with E-state index in [9.17, 15) is 9.65 Å². The van der Waals surface area contributed by atoms with Gasteiger partial charge in [0, 0.05) is 12.2 Å². The van der Waals surface area contributed by atoms with Crippen molar-refractivity contribution in [2.75, 3.05) is 0 Å². The predicted molar refractivity (Wildman–Crippen MR) is 128 cm³/mol. The summed E-state index contributed by atoms with van der Waals surface area (Å²) in [7, 11) is 0. The van der Waals surface area contributed by atoms with E-state index in [4.69, 9.17) is 9.72 Å². The maximum absolute atomic E-state index is 13.5. The molecule has 0 amide bonds. The fourth-order valence-electron chi connectivity index (χ4n) is 5.03. The normalized spacial score (nSPS) is 24.9. The van der Waals surface area contributed by atoms with Gasteiger partial charge in [-0.15, -0.1) is 0 Å². The van der Waals surface area contributed by atoms with Crippen LogP contribution in [-0.4, -0.2) is 9.55 Å². The number of ether oxygens (including phenoxy) is 1. The molecule has 0 atom stereocenters. The van der Waals surface area contributed by atoms with E-state index in [1.807, 2.05) is 30.3 Å². The van der Waals surface area contributed by atoms with Gasteiger partial charge in [0.25, 0.3) is 0 Å². The van der Waals surface area contributed by atoms with Gasteiger partial charge in [-0.05, 0) is 97.1 Å². The summed E-state index contributed by atoms with van der Waals surface area (Å²) in [5.41, 5.74) is 0.701. The van der Waals surface area contributed by atoms with Gasteiger partial charge >= 0.3 is 0 Å². The highest BCUT2D eigenvalue weighted by Crippen LogP contribution is 2.49. The predicted octanol–water partition coefficient (Wildman–Crippen LogP) is 6.81. The molecule has 4 nitrogen and oxygen atoms in total. The molecule has 0 aliphatic heterocycles. The molecule has 1 aromatic heterocycles. The molecule has 0 N–H and O–H groups in total. The molecule has 6 heteroatoms. The molecular weight excluding hydrogens is 481 g/mol. The number of halogens is 2. The van der Waals surface area contributed by atoms with Crippen LogP contribution in [0, 0.1) is 30.0 Å². The van der Waals surface area contributed by atoms with Crippen molar-refractivity contribution in [1.29, 1.82) is 5.26 Å². The van der Waals surface area contributed by atoms with Gasteiger partial charge in [0.2, 0.25) is 0 Å². The number of nitrogens with zero attached hydrogens (tertiary/aromatic N) is 3. The number of aromatic nitrogens is 2. The molecule has 2 aromatic carbocycles. The number of nitriles is 1. The van der Waals surface area contributed by atoms with Gasteiger partial charge < -0.3 is 9.30 Å². The molecule has 3 aromatic rings. The zero-order chi connectivity index (χ0) is 23.1. The Labute approximate surface area is 202 Å². The molecule has 2 aliphatic carbocycles. The number of rotatable bonds is 6. The van der Waals surface area contributed by atoms with Crippen LogP contribution in [-0.2, 0) is 17.6 Å². The average molecular weight is 508 g/mol. The third kappa shape index (κ3) is 4.19. The molecule has 0 radical (unpaired) electrons. The quantitative estimate of drug-likeness (QED) is 0.368. The molecule has 0 bridgehead atoms. The molecule has 0 saturated heterocycles. The Morgan fingerprint density at radius 1 is 1.09 bits per heavy atom. The Morgan fingerprint density at radius 3 is 2.36 bits per heavy atom. The fraction of sp³-hybridized carbons (Fsp3) is 0.407. The van der Waals surface area contributed by atoms with Crippen molar-refractivity contribution in [2.45, 2.75) is 63.0 Å². The number of imidazole rings is 1. The summed E-state index contributed by atoms with van der Waals surface area (Å²) in [5.74, 6) is 2.15. The third-order valence-electron chi connectivity index (χ3n) is 7.29. The van der Waals surface area contributed by atoms with Gasteiger partial charge in [-0.25, -0.2) is 9.37 Å². The summed E-state index contributed by atoms with van der Waals surface area (Å²) in [6.07, 6.45) is 5.05. The Bertz CT molecular complexity index is 1170. The van der Waals surface area contributed by atoms with E-state index in [1.165, 1.54) is 25.0 Å². The molecule has 170 valence electrons. The minimum atomic E-state index is -0.655. The van der Waals surface area contributed by atoms with Crippen LogP contribution in [0.25, 0.3) is 0 Å². The summed E-state index contributed by atoms with van der Waals surface area (Å²) in [4.78, 5) is 4.96. The Kier molecular flexibility index (Phi) is 5.78. The summed E-state index contributed by atoms with van der Waals surface area (Å²) in [5, 5.41) is 10.2. The maximum atomic E-state index is 13.5. The van der Waals surface area contributed by atoms with Crippen molar-refractivity contribution in [3.05, 3.63) is 82.1 Å². The smallest absolute Gasteiger partial charge is 0.166 e. The van der Waals surface area contributed by atoms with Crippen LogP contribution in [0.15, 0.2) is 59.2 Å². The minimum absolute atomic E-state index is 0.285. The summed E-state index contributed by atoms with van der Waals surface area (Å²) in [6.45, 7) is 3.04. The fourth-order valence-corrected chi connectivity index (χ4v) is 5.42. The molecule has 2 fully saturated rings. The number of hydrogen-bond acceptors (Lipinski definition) is 3. The van der Waals surface area contributed by atoms with Gasteiger partial charge in [0.05, 0.1) is 11.5 Å². The largest absolute Gasteiger partial charge is 0.479 e. The standard InChI is InChI=1S/C27H27BrFN3O/c1-19-24(28)31-25(32(19)17-20-7-8-20)27(33-23-5-3-2-4-6-23)15-13-26(18-30,14-16-27)21-9-11-22(29)12-10-21/h2-6,9-12,20H,7-8,13-17H2,1H3/t26-,27-. The van der Waals surface area contributed by atoms with Gasteiger partial charge in [-0.2, -0.15) is 5.26 Å². The zero-order valence-electron chi connectivity index (χ0n) is 18.7. The van der Waals surface area contributed by atoms with Gasteiger partial charge in [-0.3, -0.25) is 0 Å². The lowest BCUT2D eigenvalue weighted by Crippen LogP contribution is -2.44. The highest BCUT2D eigenvalue weighted by atomic mass is 79.9. The van der Waals surface area contributed by atoms with Crippen molar-refractivity contribution in [1.82, 2.24) is 9.55 Å². The van der Waals surface area contributed by atoms with Crippen LogP contribution < -0.4 is 4.74 Å². The average Bonchev–Trinajstić information content (AvgIpc) is 3.62. The van der Waals surface area contributed by atoms with Gasteiger partial charge in [0.15, 0.2) is 11.4 Å². The molecule has 0 spiro atoms. The highest BCUT2D eigenvalue weighted by Gasteiger charge is 2.49. The second kappa shape index (κ2) is 8.61. The van der Waals surface area contributed by atoms with Crippen LogP contribution in [0.2, 0.25) is 0 Å². The second-order valence-electron chi connectivity index (χ2n) is 9.48. The Hall–Kier alpha value is -2.65. The molecule has 33 heavy (non-hydrogen) atoms. The van der Waals surface area contributed by atoms with Crippen LogP contribution in [0.3, 0.4) is 0 Å². The molecule has 2 aliphatic rings. The second-order valence-corrected chi connectivity index (χ2v) is 10.2. The minimum Gasteiger partial charge on any atom is -0.479 e. The van der Waals surface area contributed by atoms with Gasteiger partial charge in [0.1, 0.15) is 16.2 Å². The topological polar surface area (TPSA) is 50.8 Å². The van der Waals surface area contributed by atoms with Crippen molar-refractivity contribution in [3.63, 3.8) is 0 Å². The highest BCUT2D eigenvalue weighted by molar-refractivity contribution is 9.10. The lowest BCUT2D eigenvalue weighted by molar-refractivity contribution is 0.000409. The Morgan fingerprint density at radius 2 is 1.76 bits per heavy atom. The van der Waals surface area contributed by atoms with E-state index in [-0.39, 0.29) is 5.82 Å². The Balaban J connectivity index is 1.54. The van der Waals surface area contributed by atoms with Crippen molar-refractivity contribution >= 4 is 15.9 Å². The van der Waals surface area contributed by atoms with Gasteiger partial charge in [-0.1, -0.05) is 30.3 Å². The third-order valence-corrected chi connectivity index (χ3v) is 8.04. The van der Waals surface area contributed by atoms with Crippen LogP contribution in [0.1, 0.15) is 55.6 Å². The lowest BCUT2D eigenvalue weighted by Gasteiger charge is -2.43. The number of benzene rings is 2. The van der Waals surface area contributed by atoms with Crippen LogP contribution >= 0.6 is 15.9 Å². The molecule has 5 rings (SSSR count). The number of hydrogen-bond donors (Lipinski definition) is 0. The van der Waals surface area contributed by atoms with E-state index in [1.54, 1.807) is 12.1 Å². The first kappa shape index (κ1) is 22.2. The maximum Gasteiger partial charge on any atom is 0.166 e. The van der Waals surface area contributed by atoms with Crippen molar-refractivity contribution < 1.29 is 9.13 Å². The first-order valence-corrected chi connectivity index (χ1v) is 12.4. The summed E-state index contributed by atoms with van der Waals surface area (Å²) >= 11 is 3.66. The van der Waals surface area contributed by atoms with E-state index < -0.39 is 11.0 Å². The van der Waals surface area contributed by atoms with Crippen LogP contribution in [0.4, 0.5) is 4.39 Å². The van der Waals surface area contributed by atoms with E-state index in [2.05, 4.69) is 33.5 Å². The lowest BCUT2D eigenvalue weighted by atomic mass is 9.65. The zero-order valence-corrected chi connectivity index (χ0v) is 20.3. The van der Waals surface area contributed by atoms with E-state index >= 15 is 0 Å². The SMILES string of the molecule is Cc1c(Br)nc([C@]2(Oc3ccccc3)CC[C@](C#N)(c3ccc(F)cc3)CC2)n1CC1CC1. The summed E-state index contributed by atoms with van der Waals surface area (Å²) < 4.78 is 23.5. The van der Waals surface area contributed by atoms with Crippen LogP contribution in [0.5, 0.6) is 5.75 Å².